The number of carbonyl (C=O) groups is 1. The fourth-order valence-corrected chi connectivity index (χ4v) is 3.83. The third kappa shape index (κ3) is 2.11. The number of hydrogen-bond donors (Lipinski definition) is 0. The highest BCUT2D eigenvalue weighted by Gasteiger charge is 2.31. The van der Waals surface area contributed by atoms with Crippen molar-refractivity contribution in [1.29, 1.82) is 0 Å². The Morgan fingerprint density at radius 1 is 1.38 bits per heavy atom. The zero-order valence-corrected chi connectivity index (χ0v) is 11.4. The molecule has 0 radical (unpaired) electrons. The number of hydrogen-bond acceptors (Lipinski definition) is 2. The van der Waals surface area contributed by atoms with E-state index in [-0.39, 0.29) is 11.0 Å². The molecule has 1 aliphatic rings. The van der Waals surface area contributed by atoms with Crippen molar-refractivity contribution in [2.24, 2.45) is 5.92 Å². The second-order valence-electron chi connectivity index (χ2n) is 4.25. The zero-order chi connectivity index (χ0) is 11.9. The lowest BCUT2D eigenvalue weighted by Crippen LogP contribution is -2.28. The Bertz CT molecular complexity index is 443. The SMILES string of the molecule is CC(C)C1SCc2c(Cl)cc(Cl)cc2C1=O. The first-order valence-corrected chi connectivity index (χ1v) is 6.95. The van der Waals surface area contributed by atoms with E-state index >= 15 is 0 Å². The summed E-state index contributed by atoms with van der Waals surface area (Å²) in [7, 11) is 0. The van der Waals surface area contributed by atoms with Crippen LogP contribution in [-0.4, -0.2) is 11.0 Å². The van der Waals surface area contributed by atoms with Crippen LogP contribution < -0.4 is 0 Å². The minimum atomic E-state index is 0.0297. The molecule has 1 aromatic carbocycles. The molecule has 0 amide bonds. The van der Waals surface area contributed by atoms with Gasteiger partial charge in [0.25, 0.3) is 0 Å². The molecule has 0 N–H and O–H groups in total. The van der Waals surface area contributed by atoms with Crippen LogP contribution in [0.25, 0.3) is 0 Å². The Morgan fingerprint density at radius 3 is 2.69 bits per heavy atom. The number of halogens is 2. The molecule has 1 aliphatic heterocycles. The molecule has 16 heavy (non-hydrogen) atoms. The molecule has 1 heterocycles. The van der Waals surface area contributed by atoms with Crippen molar-refractivity contribution in [3.63, 3.8) is 0 Å². The van der Waals surface area contributed by atoms with E-state index in [4.69, 9.17) is 23.2 Å². The number of thioether (sulfide) groups is 1. The molecule has 0 aromatic heterocycles. The van der Waals surface area contributed by atoms with Gasteiger partial charge in [-0.3, -0.25) is 4.79 Å². The summed E-state index contributed by atoms with van der Waals surface area (Å²) in [4.78, 5) is 12.2. The number of rotatable bonds is 1. The van der Waals surface area contributed by atoms with E-state index < -0.39 is 0 Å². The van der Waals surface area contributed by atoms with Gasteiger partial charge in [0.15, 0.2) is 5.78 Å². The summed E-state index contributed by atoms with van der Waals surface area (Å²) >= 11 is 13.7. The molecule has 0 fully saturated rings. The van der Waals surface area contributed by atoms with E-state index in [1.54, 1.807) is 23.9 Å². The van der Waals surface area contributed by atoms with Gasteiger partial charge in [0.05, 0.1) is 5.25 Å². The monoisotopic (exact) mass is 274 g/mol. The van der Waals surface area contributed by atoms with Gasteiger partial charge in [-0.05, 0) is 23.6 Å². The van der Waals surface area contributed by atoms with E-state index in [0.717, 1.165) is 11.3 Å². The van der Waals surface area contributed by atoms with Gasteiger partial charge in [0.2, 0.25) is 0 Å². The molecule has 2 rings (SSSR count). The van der Waals surface area contributed by atoms with Crippen molar-refractivity contribution in [3.8, 4) is 0 Å². The molecule has 0 spiro atoms. The zero-order valence-electron chi connectivity index (χ0n) is 9.09. The summed E-state index contributed by atoms with van der Waals surface area (Å²) in [6, 6.07) is 3.44. The van der Waals surface area contributed by atoms with Crippen LogP contribution in [0.5, 0.6) is 0 Å². The smallest absolute Gasteiger partial charge is 0.176 e. The third-order valence-electron chi connectivity index (χ3n) is 2.70. The number of fused-ring (bicyclic) bond motifs is 1. The first-order valence-electron chi connectivity index (χ1n) is 5.14. The topological polar surface area (TPSA) is 17.1 Å². The van der Waals surface area contributed by atoms with E-state index in [0.29, 0.717) is 21.5 Å². The minimum Gasteiger partial charge on any atom is -0.293 e. The average Bonchev–Trinajstić information content (AvgIpc) is 2.19. The van der Waals surface area contributed by atoms with Gasteiger partial charge in [-0.2, -0.15) is 0 Å². The second-order valence-corrected chi connectivity index (χ2v) is 6.23. The van der Waals surface area contributed by atoms with Gasteiger partial charge in [0.1, 0.15) is 0 Å². The van der Waals surface area contributed by atoms with E-state index in [9.17, 15) is 4.79 Å². The lowest BCUT2D eigenvalue weighted by atomic mass is 9.96. The first-order chi connectivity index (χ1) is 7.50. The van der Waals surface area contributed by atoms with Gasteiger partial charge >= 0.3 is 0 Å². The van der Waals surface area contributed by atoms with Crippen LogP contribution in [0.15, 0.2) is 12.1 Å². The standard InChI is InChI=1S/C12H12Cl2OS/c1-6(2)12-11(15)8-3-7(13)4-10(14)9(8)5-16-12/h3-4,6,12H,5H2,1-2H3. The summed E-state index contributed by atoms with van der Waals surface area (Å²) in [5, 5.41) is 1.17. The summed E-state index contributed by atoms with van der Waals surface area (Å²) in [6.07, 6.45) is 0. The van der Waals surface area contributed by atoms with Crippen molar-refractivity contribution >= 4 is 40.7 Å². The summed E-state index contributed by atoms with van der Waals surface area (Å²) < 4.78 is 0. The normalized spacial score (nSPS) is 20.1. The van der Waals surface area contributed by atoms with Crippen LogP contribution in [0.3, 0.4) is 0 Å². The van der Waals surface area contributed by atoms with Crippen LogP contribution in [0.1, 0.15) is 29.8 Å². The Balaban J connectivity index is 2.48. The Hall–Kier alpha value is -0.180. The lowest BCUT2D eigenvalue weighted by molar-refractivity contribution is 0.0973. The highest BCUT2D eigenvalue weighted by Crippen LogP contribution is 2.38. The summed E-state index contributed by atoms with van der Waals surface area (Å²) in [6.45, 7) is 4.12. The van der Waals surface area contributed by atoms with Crippen molar-refractivity contribution < 1.29 is 4.79 Å². The maximum atomic E-state index is 12.2. The molecule has 0 saturated heterocycles. The molecule has 1 atom stereocenters. The molecule has 4 heteroatoms. The van der Waals surface area contributed by atoms with Gasteiger partial charge in [-0.25, -0.2) is 0 Å². The van der Waals surface area contributed by atoms with Crippen LogP contribution in [-0.2, 0) is 5.75 Å². The third-order valence-corrected chi connectivity index (χ3v) is 4.83. The fourth-order valence-electron chi connectivity index (χ4n) is 1.87. The Morgan fingerprint density at radius 2 is 2.06 bits per heavy atom. The molecular formula is C12H12Cl2OS. The van der Waals surface area contributed by atoms with Gasteiger partial charge < -0.3 is 0 Å². The van der Waals surface area contributed by atoms with Crippen molar-refractivity contribution in [2.45, 2.75) is 24.9 Å². The summed E-state index contributed by atoms with van der Waals surface area (Å²) in [5.41, 5.74) is 1.63. The quantitative estimate of drug-likeness (QED) is 0.753. The lowest BCUT2D eigenvalue weighted by Gasteiger charge is -2.26. The first kappa shape index (κ1) is 12.3. The molecule has 1 unspecified atom stereocenters. The van der Waals surface area contributed by atoms with Crippen molar-refractivity contribution in [2.75, 3.05) is 0 Å². The highest BCUT2D eigenvalue weighted by molar-refractivity contribution is 8.00. The Labute approximate surface area is 110 Å². The minimum absolute atomic E-state index is 0.0297. The van der Waals surface area contributed by atoms with Crippen molar-refractivity contribution in [1.82, 2.24) is 0 Å². The maximum absolute atomic E-state index is 12.2. The average molecular weight is 275 g/mol. The Kier molecular flexibility index (Phi) is 3.53. The van der Waals surface area contributed by atoms with E-state index in [1.165, 1.54) is 0 Å². The van der Waals surface area contributed by atoms with Crippen LogP contribution in [0, 0.1) is 5.92 Å². The van der Waals surface area contributed by atoms with Crippen LogP contribution in [0.2, 0.25) is 10.0 Å². The molecular weight excluding hydrogens is 263 g/mol. The largest absolute Gasteiger partial charge is 0.293 e. The highest BCUT2D eigenvalue weighted by atomic mass is 35.5. The van der Waals surface area contributed by atoms with Crippen LogP contribution >= 0.6 is 35.0 Å². The molecule has 1 nitrogen and oxygen atoms in total. The number of benzene rings is 1. The number of carbonyl (C=O) groups excluding carboxylic acids is 1. The number of ketones is 1. The van der Waals surface area contributed by atoms with Crippen molar-refractivity contribution in [3.05, 3.63) is 33.3 Å². The van der Waals surface area contributed by atoms with E-state index in [2.05, 4.69) is 13.8 Å². The molecule has 0 bridgehead atoms. The second kappa shape index (κ2) is 4.59. The summed E-state index contributed by atoms with van der Waals surface area (Å²) in [5.74, 6) is 1.29. The van der Waals surface area contributed by atoms with Crippen LogP contribution in [0.4, 0.5) is 0 Å². The number of Topliss-reactive ketones (excluding diaryl/α,β-unsaturated/α-hetero) is 1. The molecule has 1 aromatic rings. The molecule has 86 valence electrons. The fraction of sp³-hybridized carbons (Fsp3) is 0.417. The van der Waals surface area contributed by atoms with Gasteiger partial charge in [-0.15, -0.1) is 11.8 Å². The predicted octanol–water partition coefficient (Wildman–Crippen LogP) is 4.45. The molecule has 0 saturated carbocycles. The van der Waals surface area contributed by atoms with E-state index in [1.807, 2.05) is 0 Å². The molecule has 0 aliphatic carbocycles. The maximum Gasteiger partial charge on any atom is 0.176 e. The van der Waals surface area contributed by atoms with Gasteiger partial charge in [0, 0.05) is 21.4 Å². The predicted molar refractivity (Wildman–Crippen MR) is 70.7 cm³/mol. The van der Waals surface area contributed by atoms with Gasteiger partial charge in [-0.1, -0.05) is 37.0 Å².